The summed E-state index contributed by atoms with van der Waals surface area (Å²) in [5.41, 5.74) is -1.11. The molecule has 6 nitrogen and oxygen atoms in total. The number of aliphatic hydroxyl groups excluding tert-OH is 1. The largest absolute Gasteiger partial charge is 0.443 e. The third-order valence-electron chi connectivity index (χ3n) is 4.71. The first-order valence-corrected chi connectivity index (χ1v) is 8.90. The third-order valence-corrected chi connectivity index (χ3v) is 4.71. The highest BCUT2D eigenvalue weighted by atomic mass is 16.4. The average molecular weight is 346 g/mol. The summed E-state index contributed by atoms with van der Waals surface area (Å²) in [6.45, 7) is 5.99. The zero-order valence-electron chi connectivity index (χ0n) is 14.9. The number of hydrogen-bond acceptors (Lipinski definition) is 5. The fraction of sp³-hybridized carbons (Fsp3) is 0.632. The van der Waals surface area contributed by atoms with Crippen LogP contribution in [0.2, 0.25) is 0 Å². The Labute approximate surface area is 148 Å². The van der Waals surface area contributed by atoms with Gasteiger partial charge < -0.3 is 19.5 Å². The summed E-state index contributed by atoms with van der Waals surface area (Å²) in [5, 5.41) is 20.0. The second-order valence-corrected chi connectivity index (χ2v) is 7.41. The molecule has 2 fully saturated rings. The van der Waals surface area contributed by atoms with E-state index in [2.05, 4.69) is 16.7 Å². The minimum Gasteiger partial charge on any atom is -0.443 e. The summed E-state index contributed by atoms with van der Waals surface area (Å²) in [5.74, 6) is 5.71. The number of carbonyl (C=O) groups is 1. The van der Waals surface area contributed by atoms with Crippen molar-refractivity contribution in [2.45, 2.75) is 50.9 Å². The Bertz CT molecular complexity index is 674. The molecule has 2 N–H and O–H groups in total. The zero-order valence-corrected chi connectivity index (χ0v) is 14.9. The molecule has 1 aromatic heterocycles. The standard InChI is InChI=1S/C19H26N2O4/c1-19(2,24)9-8-14-6-7-17(25-14)18(23)21-12-15(16(22)13-21)20-10-4-3-5-11-20/h6-7,15-16,22,24H,3-5,10-13H2,1-2H3. The van der Waals surface area contributed by atoms with E-state index in [4.69, 9.17) is 4.42 Å². The Morgan fingerprint density at radius 3 is 2.64 bits per heavy atom. The van der Waals surface area contributed by atoms with Gasteiger partial charge in [-0.3, -0.25) is 9.69 Å². The molecule has 1 amide bonds. The molecule has 1 aromatic rings. The van der Waals surface area contributed by atoms with Crippen LogP contribution in [0.15, 0.2) is 16.5 Å². The van der Waals surface area contributed by atoms with Crippen LogP contribution < -0.4 is 0 Å². The quantitative estimate of drug-likeness (QED) is 0.784. The number of likely N-dealkylation sites (tertiary alicyclic amines) is 2. The summed E-state index contributed by atoms with van der Waals surface area (Å²) < 4.78 is 5.50. The van der Waals surface area contributed by atoms with Crippen molar-refractivity contribution in [2.75, 3.05) is 26.2 Å². The van der Waals surface area contributed by atoms with Crippen LogP contribution in [0.1, 0.15) is 49.4 Å². The maximum atomic E-state index is 12.6. The molecule has 136 valence electrons. The Morgan fingerprint density at radius 2 is 1.96 bits per heavy atom. The van der Waals surface area contributed by atoms with Crippen molar-refractivity contribution in [3.8, 4) is 11.8 Å². The normalized spacial score (nSPS) is 24.9. The number of nitrogens with zero attached hydrogens (tertiary/aromatic N) is 2. The zero-order chi connectivity index (χ0) is 18.0. The van der Waals surface area contributed by atoms with Gasteiger partial charge in [-0.05, 0) is 57.8 Å². The molecule has 0 aliphatic carbocycles. The number of aliphatic hydroxyl groups is 2. The molecule has 3 heterocycles. The van der Waals surface area contributed by atoms with Crippen LogP contribution in [0, 0.1) is 11.8 Å². The van der Waals surface area contributed by atoms with Crippen LogP contribution in [0.4, 0.5) is 0 Å². The summed E-state index contributed by atoms with van der Waals surface area (Å²) in [4.78, 5) is 16.6. The fourth-order valence-corrected chi connectivity index (χ4v) is 3.43. The molecule has 0 saturated carbocycles. The number of amides is 1. The van der Waals surface area contributed by atoms with E-state index in [1.807, 2.05) is 0 Å². The van der Waals surface area contributed by atoms with Crippen LogP contribution in [-0.4, -0.2) is 69.8 Å². The Hall–Kier alpha value is -1.81. The first kappa shape index (κ1) is 18.0. The lowest BCUT2D eigenvalue weighted by Gasteiger charge is -2.33. The molecule has 0 bridgehead atoms. The van der Waals surface area contributed by atoms with Crippen molar-refractivity contribution in [1.82, 2.24) is 9.80 Å². The number of carbonyl (C=O) groups excluding carboxylic acids is 1. The SMILES string of the molecule is CC(C)(O)C#Cc1ccc(C(=O)N2CC(O)C(N3CCCCC3)C2)o1. The first-order valence-electron chi connectivity index (χ1n) is 8.90. The number of rotatable bonds is 2. The van der Waals surface area contributed by atoms with Gasteiger partial charge >= 0.3 is 0 Å². The van der Waals surface area contributed by atoms with Crippen LogP contribution in [0.3, 0.4) is 0 Å². The molecule has 25 heavy (non-hydrogen) atoms. The lowest BCUT2D eigenvalue weighted by atomic mass is 10.1. The molecule has 2 saturated heterocycles. The topological polar surface area (TPSA) is 77.1 Å². The maximum absolute atomic E-state index is 12.6. The maximum Gasteiger partial charge on any atom is 0.289 e. The minimum absolute atomic E-state index is 0.00802. The summed E-state index contributed by atoms with van der Waals surface area (Å²) in [7, 11) is 0. The van der Waals surface area contributed by atoms with E-state index in [1.54, 1.807) is 30.9 Å². The van der Waals surface area contributed by atoms with Crippen molar-refractivity contribution in [2.24, 2.45) is 0 Å². The molecule has 2 atom stereocenters. The third kappa shape index (κ3) is 4.43. The molecule has 0 spiro atoms. The highest BCUT2D eigenvalue weighted by molar-refractivity contribution is 5.92. The molecule has 2 aliphatic heterocycles. The molecule has 6 heteroatoms. The number of hydrogen-bond donors (Lipinski definition) is 2. The van der Waals surface area contributed by atoms with Gasteiger partial charge in [0.25, 0.3) is 5.91 Å². The highest BCUT2D eigenvalue weighted by Gasteiger charge is 2.38. The fourth-order valence-electron chi connectivity index (χ4n) is 3.43. The average Bonchev–Trinajstić information content (AvgIpc) is 3.19. The summed E-state index contributed by atoms with van der Waals surface area (Å²) >= 11 is 0. The van der Waals surface area contributed by atoms with Gasteiger partial charge in [0, 0.05) is 13.1 Å². The van der Waals surface area contributed by atoms with Gasteiger partial charge in [-0.1, -0.05) is 12.3 Å². The molecule has 2 unspecified atom stereocenters. The lowest BCUT2D eigenvalue weighted by molar-refractivity contribution is 0.0700. The molecule has 3 rings (SSSR count). The Kier molecular flexibility index (Phi) is 5.19. The van der Waals surface area contributed by atoms with Crippen molar-refractivity contribution in [1.29, 1.82) is 0 Å². The second kappa shape index (κ2) is 7.20. The number of furan rings is 1. The Morgan fingerprint density at radius 1 is 1.24 bits per heavy atom. The highest BCUT2D eigenvalue weighted by Crippen LogP contribution is 2.22. The second-order valence-electron chi connectivity index (χ2n) is 7.41. The molecule has 0 radical (unpaired) electrons. The molecule has 0 aromatic carbocycles. The minimum atomic E-state index is -1.11. The summed E-state index contributed by atoms with van der Waals surface area (Å²) in [6, 6.07) is 3.23. The van der Waals surface area contributed by atoms with Crippen LogP contribution in [0.25, 0.3) is 0 Å². The van der Waals surface area contributed by atoms with Crippen LogP contribution in [0.5, 0.6) is 0 Å². The predicted molar refractivity (Wildman–Crippen MR) is 93.0 cm³/mol. The predicted octanol–water partition coefficient (Wildman–Crippen LogP) is 1.07. The van der Waals surface area contributed by atoms with Gasteiger partial charge in [-0.15, -0.1) is 0 Å². The van der Waals surface area contributed by atoms with Crippen molar-refractivity contribution in [3.05, 3.63) is 23.7 Å². The van der Waals surface area contributed by atoms with E-state index in [9.17, 15) is 15.0 Å². The van der Waals surface area contributed by atoms with Crippen molar-refractivity contribution >= 4 is 5.91 Å². The smallest absolute Gasteiger partial charge is 0.289 e. The van der Waals surface area contributed by atoms with E-state index in [1.165, 1.54) is 6.42 Å². The number of piperidine rings is 1. The number of β-amino-alcohol motifs (C(OH)–C–C–N with tert-alkyl or cyclic N) is 1. The van der Waals surface area contributed by atoms with Crippen molar-refractivity contribution < 1.29 is 19.4 Å². The van der Waals surface area contributed by atoms with Gasteiger partial charge in [-0.2, -0.15) is 0 Å². The van der Waals surface area contributed by atoms with Crippen LogP contribution >= 0.6 is 0 Å². The van der Waals surface area contributed by atoms with E-state index in [-0.39, 0.29) is 17.7 Å². The van der Waals surface area contributed by atoms with Gasteiger partial charge in [0.05, 0.1) is 12.1 Å². The van der Waals surface area contributed by atoms with Gasteiger partial charge in [0.15, 0.2) is 11.5 Å². The van der Waals surface area contributed by atoms with E-state index in [0.717, 1.165) is 25.9 Å². The van der Waals surface area contributed by atoms with Gasteiger partial charge in [0.2, 0.25) is 0 Å². The summed E-state index contributed by atoms with van der Waals surface area (Å²) in [6.07, 6.45) is 3.02. The van der Waals surface area contributed by atoms with Crippen molar-refractivity contribution in [3.63, 3.8) is 0 Å². The molecular weight excluding hydrogens is 320 g/mol. The lowest BCUT2D eigenvalue weighted by Crippen LogP contribution is -2.46. The molecular formula is C19H26N2O4. The van der Waals surface area contributed by atoms with Gasteiger partial charge in [0.1, 0.15) is 5.60 Å². The first-order chi connectivity index (χ1) is 11.8. The van der Waals surface area contributed by atoms with E-state index >= 15 is 0 Å². The monoisotopic (exact) mass is 346 g/mol. The molecule has 2 aliphatic rings. The van der Waals surface area contributed by atoms with Gasteiger partial charge in [-0.25, -0.2) is 0 Å². The van der Waals surface area contributed by atoms with Crippen LogP contribution in [-0.2, 0) is 0 Å². The van der Waals surface area contributed by atoms with E-state index < -0.39 is 11.7 Å². The van der Waals surface area contributed by atoms with E-state index in [0.29, 0.717) is 18.8 Å². The Balaban J connectivity index is 1.65.